The molecule has 0 aliphatic rings. The van der Waals surface area contributed by atoms with Crippen molar-refractivity contribution in [3.05, 3.63) is 65.2 Å². The quantitative estimate of drug-likeness (QED) is 0.840. The van der Waals surface area contributed by atoms with E-state index in [4.69, 9.17) is 10.00 Å². The van der Waals surface area contributed by atoms with E-state index in [2.05, 4.69) is 6.07 Å². The summed E-state index contributed by atoms with van der Waals surface area (Å²) in [6.45, 7) is 5.77. The summed E-state index contributed by atoms with van der Waals surface area (Å²) in [6, 6.07) is 16.9. The van der Waals surface area contributed by atoms with Crippen LogP contribution in [0.3, 0.4) is 0 Å². The molecule has 24 heavy (non-hydrogen) atoms. The highest BCUT2D eigenvalue weighted by atomic mass is 16.5. The standard InChI is InChI=1S/C20H22N2O2/c1-14-5-9-18(10-6-14)15(2)22(4)20(23)16(3)24-19-11-7-17(13-21)8-12-19/h5-12,15-16H,1-4H3. The molecule has 2 unspecified atom stereocenters. The zero-order valence-electron chi connectivity index (χ0n) is 14.5. The van der Waals surface area contributed by atoms with Crippen LogP contribution in [0.15, 0.2) is 48.5 Å². The van der Waals surface area contributed by atoms with Gasteiger partial charge in [-0.05, 0) is 50.6 Å². The molecule has 2 aromatic rings. The van der Waals surface area contributed by atoms with E-state index in [0.717, 1.165) is 5.56 Å². The van der Waals surface area contributed by atoms with Gasteiger partial charge in [0.25, 0.3) is 5.91 Å². The fraction of sp³-hybridized carbons (Fsp3) is 0.300. The minimum atomic E-state index is -0.601. The smallest absolute Gasteiger partial charge is 0.263 e. The minimum absolute atomic E-state index is 0.0369. The first-order chi connectivity index (χ1) is 11.4. The van der Waals surface area contributed by atoms with Crippen molar-refractivity contribution in [2.24, 2.45) is 0 Å². The van der Waals surface area contributed by atoms with Crippen LogP contribution in [0, 0.1) is 18.3 Å². The molecule has 2 atom stereocenters. The normalized spacial score (nSPS) is 12.8. The van der Waals surface area contributed by atoms with Crippen LogP contribution in [-0.4, -0.2) is 24.0 Å². The van der Waals surface area contributed by atoms with Gasteiger partial charge in [0.05, 0.1) is 17.7 Å². The van der Waals surface area contributed by atoms with E-state index in [-0.39, 0.29) is 11.9 Å². The van der Waals surface area contributed by atoms with Crippen molar-refractivity contribution in [1.82, 2.24) is 4.90 Å². The maximum absolute atomic E-state index is 12.6. The number of rotatable bonds is 5. The molecule has 0 saturated heterocycles. The number of hydrogen-bond acceptors (Lipinski definition) is 3. The lowest BCUT2D eigenvalue weighted by molar-refractivity contribution is -0.138. The third kappa shape index (κ3) is 4.14. The van der Waals surface area contributed by atoms with Gasteiger partial charge in [0.15, 0.2) is 6.10 Å². The summed E-state index contributed by atoms with van der Waals surface area (Å²) in [5.41, 5.74) is 2.84. The van der Waals surface area contributed by atoms with Crippen LogP contribution in [0.5, 0.6) is 5.75 Å². The third-order valence-corrected chi connectivity index (χ3v) is 4.13. The van der Waals surface area contributed by atoms with Gasteiger partial charge in [-0.1, -0.05) is 29.8 Å². The Bertz CT molecular complexity index is 730. The van der Waals surface area contributed by atoms with Crippen LogP contribution in [0.25, 0.3) is 0 Å². The number of carbonyl (C=O) groups excluding carboxylic acids is 1. The number of nitrogens with zero attached hydrogens (tertiary/aromatic N) is 2. The van der Waals surface area contributed by atoms with Crippen molar-refractivity contribution in [2.75, 3.05) is 7.05 Å². The van der Waals surface area contributed by atoms with Gasteiger partial charge in [-0.25, -0.2) is 0 Å². The first-order valence-electron chi connectivity index (χ1n) is 7.92. The molecular formula is C20H22N2O2. The molecule has 0 radical (unpaired) electrons. The van der Waals surface area contributed by atoms with Crippen LogP contribution < -0.4 is 4.74 Å². The lowest BCUT2D eigenvalue weighted by Gasteiger charge is -2.28. The molecule has 0 spiro atoms. The van der Waals surface area contributed by atoms with Gasteiger partial charge in [0, 0.05) is 7.05 Å². The van der Waals surface area contributed by atoms with Crippen molar-refractivity contribution in [3.8, 4) is 11.8 Å². The third-order valence-electron chi connectivity index (χ3n) is 4.13. The molecular weight excluding hydrogens is 300 g/mol. The highest BCUT2D eigenvalue weighted by molar-refractivity contribution is 5.81. The topological polar surface area (TPSA) is 53.3 Å². The Morgan fingerprint density at radius 1 is 1.08 bits per heavy atom. The number of ether oxygens (including phenoxy) is 1. The second kappa shape index (κ2) is 7.65. The summed E-state index contributed by atoms with van der Waals surface area (Å²) in [7, 11) is 1.78. The molecule has 1 amide bonds. The second-order valence-corrected chi connectivity index (χ2v) is 5.93. The fourth-order valence-corrected chi connectivity index (χ4v) is 2.41. The van der Waals surface area contributed by atoms with Gasteiger partial charge in [-0.2, -0.15) is 5.26 Å². The lowest BCUT2D eigenvalue weighted by Crippen LogP contribution is -2.39. The first-order valence-corrected chi connectivity index (χ1v) is 7.92. The van der Waals surface area contributed by atoms with Crippen LogP contribution >= 0.6 is 0 Å². The van der Waals surface area contributed by atoms with E-state index in [1.54, 1.807) is 43.1 Å². The SMILES string of the molecule is Cc1ccc(C(C)N(C)C(=O)C(C)Oc2ccc(C#N)cc2)cc1. The van der Waals surface area contributed by atoms with E-state index < -0.39 is 6.10 Å². The Labute approximate surface area is 143 Å². The van der Waals surface area contributed by atoms with Gasteiger partial charge < -0.3 is 9.64 Å². The molecule has 124 valence electrons. The molecule has 0 aliphatic heterocycles. The largest absolute Gasteiger partial charge is 0.481 e. The van der Waals surface area contributed by atoms with Crippen LogP contribution in [0.4, 0.5) is 0 Å². The average Bonchev–Trinajstić information content (AvgIpc) is 2.61. The fourth-order valence-electron chi connectivity index (χ4n) is 2.41. The Morgan fingerprint density at radius 2 is 1.67 bits per heavy atom. The van der Waals surface area contributed by atoms with Crippen LogP contribution in [0.2, 0.25) is 0 Å². The van der Waals surface area contributed by atoms with E-state index in [0.29, 0.717) is 11.3 Å². The molecule has 0 heterocycles. The molecule has 0 bridgehead atoms. The van der Waals surface area contributed by atoms with E-state index in [9.17, 15) is 4.79 Å². The van der Waals surface area contributed by atoms with Gasteiger partial charge >= 0.3 is 0 Å². The minimum Gasteiger partial charge on any atom is -0.481 e. The Kier molecular flexibility index (Phi) is 5.59. The van der Waals surface area contributed by atoms with Crippen molar-refractivity contribution in [1.29, 1.82) is 5.26 Å². The summed E-state index contributed by atoms with van der Waals surface area (Å²) in [5.74, 6) is 0.485. The molecule has 4 heteroatoms. The van der Waals surface area contributed by atoms with Crippen molar-refractivity contribution in [3.63, 3.8) is 0 Å². The van der Waals surface area contributed by atoms with Crippen molar-refractivity contribution < 1.29 is 9.53 Å². The molecule has 0 fully saturated rings. The number of carbonyl (C=O) groups is 1. The van der Waals surface area contributed by atoms with Gasteiger partial charge in [0.2, 0.25) is 0 Å². The molecule has 0 aliphatic carbocycles. The number of aryl methyl sites for hydroxylation is 1. The van der Waals surface area contributed by atoms with Crippen LogP contribution in [-0.2, 0) is 4.79 Å². The van der Waals surface area contributed by atoms with Gasteiger partial charge in [-0.3, -0.25) is 4.79 Å². The second-order valence-electron chi connectivity index (χ2n) is 5.93. The summed E-state index contributed by atoms with van der Waals surface area (Å²) >= 11 is 0. The van der Waals surface area contributed by atoms with Crippen LogP contribution in [0.1, 0.15) is 36.6 Å². The average molecular weight is 322 g/mol. The predicted octanol–water partition coefficient (Wildman–Crippen LogP) is 3.85. The highest BCUT2D eigenvalue weighted by Crippen LogP contribution is 2.21. The number of likely N-dealkylation sites (N-methyl/N-ethyl adjacent to an activating group) is 1. The summed E-state index contributed by atoms with van der Waals surface area (Å²) in [5, 5.41) is 8.81. The monoisotopic (exact) mass is 322 g/mol. The molecule has 0 N–H and O–H groups in total. The predicted molar refractivity (Wildman–Crippen MR) is 93.6 cm³/mol. The molecule has 2 aromatic carbocycles. The Hall–Kier alpha value is -2.80. The molecule has 0 saturated carbocycles. The Morgan fingerprint density at radius 3 is 2.21 bits per heavy atom. The van der Waals surface area contributed by atoms with E-state index in [1.807, 2.05) is 38.1 Å². The lowest BCUT2D eigenvalue weighted by atomic mass is 10.1. The summed E-state index contributed by atoms with van der Waals surface area (Å²) in [4.78, 5) is 14.3. The van der Waals surface area contributed by atoms with Crippen molar-refractivity contribution >= 4 is 5.91 Å². The van der Waals surface area contributed by atoms with E-state index in [1.165, 1.54) is 5.56 Å². The maximum atomic E-state index is 12.6. The maximum Gasteiger partial charge on any atom is 0.263 e. The van der Waals surface area contributed by atoms with Gasteiger partial charge in [0.1, 0.15) is 5.75 Å². The Balaban J connectivity index is 2.03. The number of benzene rings is 2. The zero-order chi connectivity index (χ0) is 17.7. The summed E-state index contributed by atoms with van der Waals surface area (Å²) < 4.78 is 5.70. The number of nitriles is 1. The summed E-state index contributed by atoms with van der Waals surface area (Å²) in [6.07, 6.45) is -0.601. The van der Waals surface area contributed by atoms with Gasteiger partial charge in [-0.15, -0.1) is 0 Å². The number of hydrogen-bond donors (Lipinski definition) is 0. The molecule has 0 aromatic heterocycles. The number of amides is 1. The molecule has 2 rings (SSSR count). The highest BCUT2D eigenvalue weighted by Gasteiger charge is 2.23. The molecule has 4 nitrogen and oxygen atoms in total. The van der Waals surface area contributed by atoms with E-state index >= 15 is 0 Å². The van der Waals surface area contributed by atoms with Crippen molar-refractivity contribution in [2.45, 2.75) is 32.9 Å². The first kappa shape index (κ1) is 17.6. The zero-order valence-corrected chi connectivity index (χ0v) is 14.5.